The fraction of sp³-hybridized carbons (Fsp3) is 0.250. The Balaban J connectivity index is 1.93. The molecular weight excluding hydrogens is 396 g/mol. The molecule has 0 amide bonds. The van der Waals surface area contributed by atoms with Gasteiger partial charge >= 0.3 is 0 Å². The molecule has 4 heteroatoms. The van der Waals surface area contributed by atoms with Gasteiger partial charge in [0.1, 0.15) is 5.75 Å². The van der Waals surface area contributed by atoms with Crippen molar-refractivity contribution in [1.82, 2.24) is 9.97 Å². The summed E-state index contributed by atoms with van der Waals surface area (Å²) in [6.07, 6.45) is 2.88. The standard InChI is InChI=1S/C28H26N2O2/c1-16-5-7-22(17(2)11-16)28(23-8-6-20(31)12-18(23)3)10-9-27(32)21-13-26-25(14-24(21)28)29-15-19(4)30-26/h5-8,11-15,31H,9-10H2,1-4H3. The second kappa shape index (κ2) is 7.27. The maximum atomic E-state index is 13.2. The molecule has 1 aliphatic carbocycles. The molecule has 1 N–H and O–H groups in total. The lowest BCUT2D eigenvalue weighted by Crippen LogP contribution is -2.37. The largest absolute Gasteiger partial charge is 0.508 e. The molecule has 1 aromatic heterocycles. The van der Waals surface area contributed by atoms with Gasteiger partial charge < -0.3 is 5.11 Å². The Morgan fingerprint density at radius 1 is 0.844 bits per heavy atom. The van der Waals surface area contributed by atoms with Crippen LogP contribution in [0.5, 0.6) is 5.75 Å². The van der Waals surface area contributed by atoms with E-state index in [4.69, 9.17) is 0 Å². The maximum absolute atomic E-state index is 13.2. The Bertz CT molecular complexity index is 1350. The van der Waals surface area contributed by atoms with Crippen molar-refractivity contribution in [2.75, 3.05) is 0 Å². The minimum atomic E-state index is -0.514. The molecule has 1 unspecified atom stereocenters. The van der Waals surface area contributed by atoms with Crippen molar-refractivity contribution in [2.24, 2.45) is 0 Å². The van der Waals surface area contributed by atoms with Gasteiger partial charge in [-0.05, 0) is 86.2 Å². The van der Waals surface area contributed by atoms with Crippen molar-refractivity contribution in [3.05, 3.63) is 99.4 Å². The van der Waals surface area contributed by atoms with E-state index in [1.54, 1.807) is 18.3 Å². The monoisotopic (exact) mass is 422 g/mol. The predicted molar refractivity (Wildman–Crippen MR) is 126 cm³/mol. The zero-order valence-corrected chi connectivity index (χ0v) is 18.9. The molecule has 1 heterocycles. The normalized spacial score (nSPS) is 18.1. The average Bonchev–Trinajstić information content (AvgIpc) is 2.74. The molecule has 0 radical (unpaired) electrons. The molecule has 0 bridgehead atoms. The number of fused-ring (bicyclic) bond motifs is 2. The number of hydrogen-bond acceptors (Lipinski definition) is 4. The summed E-state index contributed by atoms with van der Waals surface area (Å²) in [7, 11) is 0. The Hall–Kier alpha value is -3.53. The van der Waals surface area contributed by atoms with Gasteiger partial charge in [-0.3, -0.25) is 9.78 Å². The van der Waals surface area contributed by atoms with E-state index < -0.39 is 5.41 Å². The van der Waals surface area contributed by atoms with Gasteiger partial charge in [0.15, 0.2) is 5.78 Å². The summed E-state index contributed by atoms with van der Waals surface area (Å²) in [6, 6.07) is 16.1. The summed E-state index contributed by atoms with van der Waals surface area (Å²) in [5, 5.41) is 10.1. The third-order valence-corrected chi connectivity index (χ3v) is 6.80. The lowest BCUT2D eigenvalue weighted by atomic mass is 9.60. The molecule has 5 rings (SSSR count). The SMILES string of the molecule is Cc1ccc(C2(c3ccc(O)cc3C)CCC(=O)c3cc4nc(C)cnc4cc32)c(C)c1. The first-order valence-corrected chi connectivity index (χ1v) is 11.0. The van der Waals surface area contributed by atoms with Crippen molar-refractivity contribution >= 4 is 16.8 Å². The molecule has 0 aliphatic heterocycles. The third kappa shape index (κ3) is 3.01. The van der Waals surface area contributed by atoms with Crippen LogP contribution in [0.1, 0.15) is 62.3 Å². The van der Waals surface area contributed by atoms with E-state index in [0.717, 1.165) is 39.0 Å². The van der Waals surface area contributed by atoms with Gasteiger partial charge in [-0.2, -0.15) is 0 Å². The van der Waals surface area contributed by atoms with Crippen LogP contribution in [0.3, 0.4) is 0 Å². The summed E-state index contributed by atoms with van der Waals surface area (Å²) in [5.41, 5.74) is 9.22. The lowest BCUT2D eigenvalue weighted by molar-refractivity contribution is 0.0962. The number of aromatic hydroxyl groups is 1. The minimum Gasteiger partial charge on any atom is -0.508 e. The molecule has 1 atom stereocenters. The predicted octanol–water partition coefficient (Wildman–Crippen LogP) is 5.88. The fourth-order valence-corrected chi connectivity index (χ4v) is 5.43. The highest BCUT2D eigenvalue weighted by atomic mass is 16.3. The Kier molecular flexibility index (Phi) is 4.63. The van der Waals surface area contributed by atoms with Crippen LogP contribution in [0.2, 0.25) is 0 Å². The molecular formula is C28H26N2O2. The summed E-state index contributed by atoms with van der Waals surface area (Å²) >= 11 is 0. The van der Waals surface area contributed by atoms with E-state index in [1.165, 1.54) is 16.7 Å². The molecule has 160 valence electrons. The van der Waals surface area contributed by atoms with Crippen LogP contribution in [0.4, 0.5) is 0 Å². The molecule has 4 nitrogen and oxygen atoms in total. The van der Waals surface area contributed by atoms with Crippen molar-refractivity contribution in [2.45, 2.75) is 46.0 Å². The van der Waals surface area contributed by atoms with E-state index in [0.29, 0.717) is 12.8 Å². The highest BCUT2D eigenvalue weighted by Crippen LogP contribution is 2.50. The van der Waals surface area contributed by atoms with Gasteiger partial charge in [-0.25, -0.2) is 4.98 Å². The van der Waals surface area contributed by atoms with Crippen molar-refractivity contribution in [3.8, 4) is 5.75 Å². The number of rotatable bonds is 2. The summed E-state index contributed by atoms with van der Waals surface area (Å²) in [4.78, 5) is 22.4. The number of Topliss-reactive ketones (excluding diaryl/α,β-unsaturated/α-hetero) is 1. The van der Waals surface area contributed by atoms with E-state index >= 15 is 0 Å². The number of nitrogens with zero attached hydrogens (tertiary/aromatic N) is 2. The van der Waals surface area contributed by atoms with Crippen molar-refractivity contribution in [3.63, 3.8) is 0 Å². The van der Waals surface area contributed by atoms with Crippen LogP contribution in [0.15, 0.2) is 54.7 Å². The number of carbonyl (C=O) groups excluding carboxylic acids is 1. The summed E-state index contributed by atoms with van der Waals surface area (Å²) in [5.74, 6) is 0.385. The van der Waals surface area contributed by atoms with Crippen molar-refractivity contribution in [1.29, 1.82) is 0 Å². The van der Waals surface area contributed by atoms with Gasteiger partial charge in [-0.1, -0.05) is 29.8 Å². The first kappa shape index (κ1) is 20.4. The van der Waals surface area contributed by atoms with Crippen LogP contribution in [-0.4, -0.2) is 20.9 Å². The van der Waals surface area contributed by atoms with Gasteiger partial charge in [0.05, 0.1) is 16.7 Å². The number of aryl methyl sites for hydroxylation is 4. The Labute approximate surface area is 188 Å². The quantitative estimate of drug-likeness (QED) is 0.438. The minimum absolute atomic E-state index is 0.141. The summed E-state index contributed by atoms with van der Waals surface area (Å²) in [6.45, 7) is 8.17. The van der Waals surface area contributed by atoms with E-state index in [9.17, 15) is 9.90 Å². The van der Waals surface area contributed by atoms with E-state index in [-0.39, 0.29) is 11.5 Å². The first-order valence-electron chi connectivity index (χ1n) is 11.0. The lowest BCUT2D eigenvalue weighted by Gasteiger charge is -2.42. The third-order valence-electron chi connectivity index (χ3n) is 6.80. The Morgan fingerprint density at radius 3 is 2.28 bits per heavy atom. The first-order chi connectivity index (χ1) is 15.3. The number of benzene rings is 3. The number of carbonyl (C=O) groups is 1. The molecule has 32 heavy (non-hydrogen) atoms. The summed E-state index contributed by atoms with van der Waals surface area (Å²) < 4.78 is 0. The molecule has 0 spiro atoms. The number of phenolic OH excluding ortho intramolecular Hbond substituents is 1. The molecule has 0 fully saturated rings. The molecule has 1 aliphatic rings. The zero-order chi connectivity index (χ0) is 22.6. The van der Waals surface area contributed by atoms with Crippen molar-refractivity contribution < 1.29 is 9.90 Å². The van der Waals surface area contributed by atoms with Crippen LogP contribution >= 0.6 is 0 Å². The topological polar surface area (TPSA) is 63.1 Å². The number of ketones is 1. The fourth-order valence-electron chi connectivity index (χ4n) is 5.43. The molecule has 0 saturated heterocycles. The molecule has 4 aromatic rings. The van der Waals surface area contributed by atoms with E-state index in [1.807, 2.05) is 26.0 Å². The van der Waals surface area contributed by atoms with Crippen LogP contribution in [0, 0.1) is 27.7 Å². The molecule has 3 aromatic carbocycles. The van der Waals surface area contributed by atoms with Gasteiger partial charge in [0.25, 0.3) is 0 Å². The van der Waals surface area contributed by atoms with Crippen LogP contribution in [-0.2, 0) is 5.41 Å². The second-order valence-corrected chi connectivity index (χ2v) is 9.04. The van der Waals surface area contributed by atoms with Gasteiger partial charge in [0, 0.05) is 23.6 Å². The number of phenols is 1. The maximum Gasteiger partial charge on any atom is 0.163 e. The smallest absolute Gasteiger partial charge is 0.163 e. The molecule has 0 saturated carbocycles. The zero-order valence-electron chi connectivity index (χ0n) is 18.9. The van der Waals surface area contributed by atoms with E-state index in [2.05, 4.69) is 48.1 Å². The number of aromatic nitrogens is 2. The Morgan fingerprint density at radius 2 is 1.56 bits per heavy atom. The number of hydrogen-bond donors (Lipinski definition) is 1. The highest BCUT2D eigenvalue weighted by molar-refractivity contribution is 6.03. The van der Waals surface area contributed by atoms with Gasteiger partial charge in [0.2, 0.25) is 0 Å². The average molecular weight is 423 g/mol. The van der Waals surface area contributed by atoms with Gasteiger partial charge in [-0.15, -0.1) is 0 Å². The second-order valence-electron chi connectivity index (χ2n) is 9.04. The van der Waals surface area contributed by atoms with Crippen LogP contribution in [0.25, 0.3) is 11.0 Å². The highest BCUT2D eigenvalue weighted by Gasteiger charge is 2.44. The van der Waals surface area contributed by atoms with Crippen LogP contribution < -0.4 is 0 Å².